The van der Waals surface area contributed by atoms with Gasteiger partial charge < -0.3 is 10.6 Å². The molecule has 1 aliphatic heterocycles. The number of rotatable bonds is 4. The highest BCUT2D eigenvalue weighted by Crippen LogP contribution is 2.45. The van der Waals surface area contributed by atoms with Gasteiger partial charge in [-0.2, -0.15) is 0 Å². The summed E-state index contributed by atoms with van der Waals surface area (Å²) in [5, 5.41) is 6.24. The van der Waals surface area contributed by atoms with Gasteiger partial charge >= 0.3 is 0 Å². The number of ketones is 2. The number of carbonyl (C=O) groups excluding carboxylic acids is 2. The number of benzene rings is 4. The quantitative estimate of drug-likeness (QED) is 0.243. The van der Waals surface area contributed by atoms with Crippen LogP contribution in [0, 0.1) is 0 Å². The third kappa shape index (κ3) is 4.15. The topological polar surface area (TPSA) is 92.3 Å². The first kappa shape index (κ1) is 24.7. The minimum Gasteiger partial charge on any atom is -0.361 e. The summed E-state index contributed by atoms with van der Waals surface area (Å²) in [6.45, 7) is 0. The Morgan fingerprint density at radius 3 is 1.41 bits per heavy atom. The van der Waals surface area contributed by atoms with E-state index < -0.39 is 9.84 Å². The number of allylic oxidation sites excluding steroid dienone is 4. The molecular weight excluding hydrogens is 532 g/mol. The molecule has 0 unspecified atom stereocenters. The Morgan fingerprint density at radius 2 is 0.951 bits per heavy atom. The summed E-state index contributed by atoms with van der Waals surface area (Å²) in [5.74, 6) is -0.247. The maximum atomic E-state index is 13.6. The van der Waals surface area contributed by atoms with Crippen molar-refractivity contribution in [2.75, 3.05) is 10.6 Å². The van der Waals surface area contributed by atoms with Gasteiger partial charge in [-0.3, -0.25) is 9.59 Å². The Balaban J connectivity index is 1.18. The molecule has 0 spiro atoms. The lowest BCUT2D eigenvalue weighted by Crippen LogP contribution is -2.07. The molecule has 41 heavy (non-hydrogen) atoms. The second-order valence-corrected chi connectivity index (χ2v) is 11.8. The Kier molecular flexibility index (Phi) is 5.69. The van der Waals surface area contributed by atoms with Gasteiger partial charge in [0.25, 0.3) is 0 Å². The molecule has 4 aromatic carbocycles. The van der Waals surface area contributed by atoms with Crippen LogP contribution in [0.5, 0.6) is 0 Å². The van der Waals surface area contributed by atoms with E-state index in [-0.39, 0.29) is 21.4 Å². The van der Waals surface area contributed by atoms with Gasteiger partial charge in [0.1, 0.15) is 0 Å². The first-order valence-electron chi connectivity index (χ1n) is 13.0. The molecule has 7 heteroatoms. The van der Waals surface area contributed by atoms with Crippen LogP contribution in [0.3, 0.4) is 0 Å². The molecule has 7 rings (SSSR count). The number of carbonyl (C=O) groups is 2. The van der Waals surface area contributed by atoms with Crippen molar-refractivity contribution in [1.82, 2.24) is 0 Å². The Hall–Kier alpha value is -5.27. The number of hydrogen-bond acceptors (Lipinski definition) is 6. The highest BCUT2D eigenvalue weighted by Gasteiger charge is 2.33. The minimum atomic E-state index is -3.79. The van der Waals surface area contributed by atoms with Crippen molar-refractivity contribution in [3.05, 3.63) is 132 Å². The summed E-state index contributed by atoms with van der Waals surface area (Å²) in [4.78, 5) is 25.5. The number of hydrogen-bond donors (Lipinski definition) is 2. The summed E-state index contributed by atoms with van der Waals surface area (Å²) in [6.07, 6.45) is 9.88. The second-order valence-electron chi connectivity index (χ2n) is 9.90. The molecule has 6 nitrogen and oxygen atoms in total. The smallest absolute Gasteiger partial charge is 0.207 e. The van der Waals surface area contributed by atoms with Crippen LogP contribution in [-0.4, -0.2) is 20.0 Å². The Labute approximate surface area is 237 Å². The summed E-state index contributed by atoms with van der Waals surface area (Å²) >= 11 is 0. The van der Waals surface area contributed by atoms with Gasteiger partial charge in [0.2, 0.25) is 9.84 Å². The van der Waals surface area contributed by atoms with Crippen LogP contribution in [0.15, 0.2) is 119 Å². The van der Waals surface area contributed by atoms with Gasteiger partial charge in [0.05, 0.1) is 9.79 Å². The van der Waals surface area contributed by atoms with Gasteiger partial charge in [-0.25, -0.2) is 8.42 Å². The van der Waals surface area contributed by atoms with Crippen molar-refractivity contribution in [3.8, 4) is 11.1 Å². The zero-order chi connectivity index (χ0) is 28.1. The fourth-order valence-electron chi connectivity index (χ4n) is 5.39. The molecule has 0 bridgehead atoms. The van der Waals surface area contributed by atoms with Crippen LogP contribution in [0.2, 0.25) is 0 Å². The molecule has 0 aromatic heterocycles. The van der Waals surface area contributed by atoms with Crippen molar-refractivity contribution in [3.63, 3.8) is 0 Å². The van der Waals surface area contributed by atoms with Crippen LogP contribution < -0.4 is 10.6 Å². The third-order valence-electron chi connectivity index (χ3n) is 7.46. The van der Waals surface area contributed by atoms with Gasteiger partial charge in [-0.15, -0.1) is 0 Å². The second kappa shape index (κ2) is 9.43. The molecule has 2 N–H and O–H groups in total. The first-order valence-corrected chi connectivity index (χ1v) is 14.5. The van der Waals surface area contributed by atoms with E-state index in [1.54, 1.807) is 61.0 Å². The van der Waals surface area contributed by atoms with Crippen molar-refractivity contribution >= 4 is 56.1 Å². The fraction of sp³-hybridized carbons (Fsp3) is 0. The predicted octanol–water partition coefficient (Wildman–Crippen LogP) is 6.60. The highest BCUT2D eigenvalue weighted by molar-refractivity contribution is 7.92. The summed E-state index contributed by atoms with van der Waals surface area (Å²) < 4.78 is 27.2. The summed E-state index contributed by atoms with van der Waals surface area (Å²) in [7, 11) is -3.79. The van der Waals surface area contributed by atoms with E-state index in [0.717, 1.165) is 22.3 Å². The van der Waals surface area contributed by atoms with E-state index in [0.29, 0.717) is 33.6 Å². The van der Waals surface area contributed by atoms with E-state index in [1.807, 2.05) is 48.5 Å². The lowest BCUT2D eigenvalue weighted by Gasteiger charge is -2.13. The van der Waals surface area contributed by atoms with Crippen LogP contribution in [-0.2, 0) is 19.4 Å². The molecule has 0 saturated heterocycles. The molecule has 0 saturated carbocycles. The molecule has 0 fully saturated rings. The number of fused-ring (bicyclic) bond motifs is 5. The van der Waals surface area contributed by atoms with Gasteiger partial charge in [-0.1, -0.05) is 72.8 Å². The van der Waals surface area contributed by atoms with Crippen LogP contribution in [0.1, 0.15) is 22.3 Å². The minimum absolute atomic E-state index is 0.123. The van der Waals surface area contributed by atoms with Gasteiger partial charge in [0, 0.05) is 46.0 Å². The van der Waals surface area contributed by atoms with Crippen LogP contribution in [0.4, 0.5) is 11.4 Å². The number of anilines is 2. The Morgan fingerprint density at radius 1 is 0.512 bits per heavy atom. The van der Waals surface area contributed by atoms with E-state index in [2.05, 4.69) is 10.6 Å². The molecule has 1 heterocycles. The largest absolute Gasteiger partial charge is 0.361 e. The molecule has 0 radical (unpaired) electrons. The molecule has 3 aliphatic rings. The monoisotopic (exact) mass is 554 g/mol. The van der Waals surface area contributed by atoms with Crippen molar-refractivity contribution in [1.29, 1.82) is 0 Å². The molecule has 2 aliphatic carbocycles. The SMILES string of the molecule is O=C1C=Cc2ccccc2/C1=C\Nc1ccc2c(c1)S(=O)(=O)c1cc(N/C=C3/C(=O)C=Cc4ccccc43)ccc1-2. The van der Waals surface area contributed by atoms with Crippen molar-refractivity contribution in [2.45, 2.75) is 9.79 Å². The van der Waals surface area contributed by atoms with Crippen LogP contribution in [0.25, 0.3) is 34.4 Å². The molecular formula is C34H22N2O4S. The molecule has 0 atom stereocenters. The summed E-state index contributed by atoms with van der Waals surface area (Å²) in [6, 6.07) is 25.6. The summed E-state index contributed by atoms with van der Waals surface area (Å²) in [5.41, 5.74) is 6.88. The third-order valence-corrected chi connectivity index (χ3v) is 9.29. The molecule has 198 valence electrons. The predicted molar refractivity (Wildman–Crippen MR) is 161 cm³/mol. The average Bonchev–Trinajstić information content (AvgIpc) is 3.21. The standard InChI is InChI=1S/C34H22N2O4S/c37-31-15-9-21-5-1-3-7-25(21)29(31)19-35-23-11-13-27-28-14-12-24(18-34(28)41(39,40)33(27)17-23)36-20-30-26-8-4-2-6-22(26)10-16-32(30)38/h1-20,35-36H/b29-19+,30-20+. The molecule has 4 aromatic rings. The zero-order valence-corrected chi connectivity index (χ0v) is 22.4. The van der Waals surface area contributed by atoms with Gasteiger partial charge in [0.15, 0.2) is 11.6 Å². The van der Waals surface area contributed by atoms with E-state index in [9.17, 15) is 18.0 Å². The van der Waals surface area contributed by atoms with Crippen molar-refractivity contribution in [2.24, 2.45) is 0 Å². The highest BCUT2D eigenvalue weighted by atomic mass is 32.2. The normalized spacial score (nSPS) is 17.7. The van der Waals surface area contributed by atoms with Crippen molar-refractivity contribution < 1.29 is 18.0 Å². The maximum Gasteiger partial charge on any atom is 0.207 e. The van der Waals surface area contributed by atoms with E-state index >= 15 is 0 Å². The number of sulfone groups is 1. The average molecular weight is 555 g/mol. The van der Waals surface area contributed by atoms with E-state index in [1.165, 1.54) is 12.2 Å². The fourth-order valence-corrected chi connectivity index (χ4v) is 7.13. The number of nitrogens with one attached hydrogen (secondary N) is 2. The van der Waals surface area contributed by atoms with E-state index in [4.69, 9.17) is 0 Å². The van der Waals surface area contributed by atoms with Crippen LogP contribution >= 0.6 is 0 Å². The first-order chi connectivity index (χ1) is 19.9. The lowest BCUT2D eigenvalue weighted by molar-refractivity contribution is -0.110. The zero-order valence-electron chi connectivity index (χ0n) is 21.6. The maximum absolute atomic E-state index is 13.6. The Bertz CT molecular complexity index is 1910. The molecule has 0 amide bonds. The van der Waals surface area contributed by atoms with Gasteiger partial charge in [-0.05, 0) is 58.7 Å². The lowest BCUT2D eigenvalue weighted by atomic mass is 9.92.